The van der Waals surface area contributed by atoms with Gasteiger partial charge in [0.25, 0.3) is 0 Å². The number of ether oxygens (including phenoxy) is 6. The Morgan fingerprint density at radius 3 is 2.20 bits per heavy atom. The molecule has 318 valence electrons. The molecule has 2 heterocycles. The average Bonchev–Trinajstić information content (AvgIpc) is 3.58. The lowest BCUT2D eigenvalue weighted by Crippen LogP contribution is -2.71. The Kier molecular flexibility index (Phi) is 13.1. The molecule has 15 heteroatoms. The summed E-state index contributed by atoms with van der Waals surface area (Å²) in [6, 6.07) is 0. The number of esters is 1. The summed E-state index contributed by atoms with van der Waals surface area (Å²) in [6.45, 7) is 11.1. The molecule has 6 aliphatic rings. The maximum atomic E-state index is 12.9. The molecule has 0 amide bonds. The molecule has 0 bridgehead atoms. The van der Waals surface area contributed by atoms with Crippen LogP contribution in [0.5, 0.6) is 0 Å². The fourth-order valence-electron chi connectivity index (χ4n) is 12.6. The van der Waals surface area contributed by atoms with E-state index in [-0.39, 0.29) is 42.8 Å². The summed E-state index contributed by atoms with van der Waals surface area (Å²) in [5.74, 6) is -1.49. The van der Waals surface area contributed by atoms with Gasteiger partial charge >= 0.3 is 5.97 Å². The number of carbonyl (C=O) groups is 1. The fourth-order valence-corrected chi connectivity index (χ4v) is 12.6. The van der Waals surface area contributed by atoms with Crippen molar-refractivity contribution in [3.05, 3.63) is 0 Å². The first kappa shape index (κ1) is 43.5. The van der Waals surface area contributed by atoms with Crippen LogP contribution in [0.1, 0.15) is 92.9 Å². The van der Waals surface area contributed by atoms with E-state index < -0.39 is 114 Å². The van der Waals surface area contributed by atoms with Crippen molar-refractivity contribution in [3.63, 3.8) is 0 Å². The second-order valence-corrected chi connectivity index (χ2v) is 18.7. The standard InChI is InChI=1S/C40H68O15/c1-18(2)25(53-36-32(48)33(27(16-41)54-36)55-37-34(50-7)31(47)24(45)17-51-37)9-8-19(3)21-14-26(52-20(4)42)35-38(21,5)13-11-28-39(6)12-10-22(43)30(46)29(39)23(44)15-40(28,35)49/h18-19,21-37,41,43-49H,8-17H2,1-7H3/t19-,21-,22+,23-,24+,25?,26+,27-,28?,29?,30+,31-,32+,33-,34+,35?,36+,37-,38?,39-,40+/m1/s1. The Balaban J connectivity index is 1.15. The Bertz CT molecular complexity index is 1320. The molecule has 6 fully saturated rings. The van der Waals surface area contributed by atoms with Crippen LogP contribution in [0.2, 0.25) is 0 Å². The molecule has 55 heavy (non-hydrogen) atoms. The molecule has 8 N–H and O–H groups in total. The number of hydrogen-bond acceptors (Lipinski definition) is 15. The van der Waals surface area contributed by atoms with E-state index in [0.717, 1.165) is 12.8 Å². The molecule has 5 unspecified atom stereocenters. The van der Waals surface area contributed by atoms with Crippen molar-refractivity contribution >= 4 is 5.97 Å². The van der Waals surface area contributed by atoms with Crippen molar-refractivity contribution in [2.75, 3.05) is 20.3 Å². The lowest BCUT2D eigenvalue weighted by molar-refractivity contribution is -0.296. The minimum atomic E-state index is -1.35. The van der Waals surface area contributed by atoms with Crippen LogP contribution in [0.3, 0.4) is 0 Å². The summed E-state index contributed by atoms with van der Waals surface area (Å²) in [4.78, 5) is 12.6. The first-order valence-electron chi connectivity index (χ1n) is 20.5. The summed E-state index contributed by atoms with van der Waals surface area (Å²) in [5.41, 5.74) is -2.38. The first-order chi connectivity index (χ1) is 25.8. The number of fused-ring (bicyclic) bond motifs is 5. The molecular formula is C40H68O15. The largest absolute Gasteiger partial charge is 0.462 e. The van der Waals surface area contributed by atoms with E-state index in [2.05, 4.69) is 13.8 Å². The van der Waals surface area contributed by atoms with Gasteiger partial charge in [-0.1, -0.05) is 34.6 Å². The normalized spacial score (nSPS) is 50.9. The highest BCUT2D eigenvalue weighted by atomic mass is 16.8. The summed E-state index contributed by atoms with van der Waals surface area (Å²) in [5, 5.41) is 88.0. The van der Waals surface area contributed by atoms with Crippen LogP contribution in [0.25, 0.3) is 0 Å². The molecule has 6 rings (SSSR count). The number of aliphatic hydroxyl groups is 8. The summed E-state index contributed by atoms with van der Waals surface area (Å²) in [7, 11) is 1.34. The van der Waals surface area contributed by atoms with Crippen LogP contribution in [-0.4, -0.2) is 152 Å². The molecule has 0 aromatic heterocycles. The first-order valence-corrected chi connectivity index (χ1v) is 20.5. The molecule has 2 saturated heterocycles. The highest BCUT2D eigenvalue weighted by Crippen LogP contribution is 2.70. The molecule has 2 aliphatic heterocycles. The SMILES string of the molecule is CO[C@@H]1[C@@H](O[C@H]2[C@H](O)[C@@H](OC(CC[C@@H](C)[C@H]3C[C@H](OC(C)=O)C4C3(C)CCC3[C@@]5(C)CC[C@H](O)[C@H](O)C5[C@H](O)C[C@@]43O)C(C)C)O[C@@H]2CO)OC[C@H](O)[C@H]1O. The Morgan fingerprint density at radius 2 is 1.56 bits per heavy atom. The monoisotopic (exact) mass is 788 g/mol. The lowest BCUT2D eigenvalue weighted by atomic mass is 9.41. The number of carbonyl (C=O) groups excluding carboxylic acids is 1. The van der Waals surface area contributed by atoms with E-state index in [1.165, 1.54) is 14.0 Å². The minimum Gasteiger partial charge on any atom is -0.462 e. The van der Waals surface area contributed by atoms with Crippen LogP contribution in [0, 0.1) is 46.3 Å². The van der Waals surface area contributed by atoms with Crippen molar-refractivity contribution in [2.24, 2.45) is 46.3 Å². The highest BCUT2D eigenvalue weighted by Gasteiger charge is 2.72. The minimum absolute atomic E-state index is 0.0189. The molecule has 0 radical (unpaired) electrons. The van der Waals surface area contributed by atoms with Gasteiger partial charge in [0.1, 0.15) is 42.7 Å². The van der Waals surface area contributed by atoms with Gasteiger partial charge in [0.15, 0.2) is 12.6 Å². The van der Waals surface area contributed by atoms with E-state index >= 15 is 0 Å². The third kappa shape index (κ3) is 7.66. The zero-order valence-electron chi connectivity index (χ0n) is 33.5. The maximum absolute atomic E-state index is 12.9. The van der Waals surface area contributed by atoms with E-state index in [1.807, 2.05) is 20.8 Å². The van der Waals surface area contributed by atoms with Gasteiger partial charge in [-0.05, 0) is 79.4 Å². The van der Waals surface area contributed by atoms with Crippen molar-refractivity contribution < 1.29 is 74.1 Å². The summed E-state index contributed by atoms with van der Waals surface area (Å²) < 4.78 is 35.3. The van der Waals surface area contributed by atoms with E-state index in [9.17, 15) is 45.6 Å². The molecule has 0 aromatic carbocycles. The van der Waals surface area contributed by atoms with Crippen molar-refractivity contribution in [1.82, 2.24) is 0 Å². The fraction of sp³-hybridized carbons (Fsp3) is 0.975. The number of methoxy groups -OCH3 is 1. The van der Waals surface area contributed by atoms with Gasteiger partial charge in [0, 0.05) is 32.3 Å². The van der Waals surface area contributed by atoms with Crippen molar-refractivity contribution in [3.8, 4) is 0 Å². The topological polar surface area (TPSA) is 234 Å². The molecule has 15 nitrogen and oxygen atoms in total. The number of hydrogen-bond donors (Lipinski definition) is 8. The van der Waals surface area contributed by atoms with Crippen LogP contribution >= 0.6 is 0 Å². The molecule has 0 spiro atoms. The molecule has 4 saturated carbocycles. The molecule has 0 aromatic rings. The van der Waals surface area contributed by atoms with Crippen LogP contribution in [0.4, 0.5) is 0 Å². The van der Waals surface area contributed by atoms with Gasteiger partial charge in [-0.15, -0.1) is 0 Å². The highest BCUT2D eigenvalue weighted by molar-refractivity contribution is 5.66. The van der Waals surface area contributed by atoms with Gasteiger partial charge in [0.2, 0.25) is 0 Å². The maximum Gasteiger partial charge on any atom is 0.302 e. The second kappa shape index (κ2) is 16.5. The van der Waals surface area contributed by atoms with Gasteiger partial charge < -0.3 is 69.3 Å². The number of aliphatic hydroxyl groups excluding tert-OH is 7. The van der Waals surface area contributed by atoms with Crippen LogP contribution in [-0.2, 0) is 33.2 Å². The van der Waals surface area contributed by atoms with Crippen LogP contribution in [0.15, 0.2) is 0 Å². The molecular weight excluding hydrogens is 720 g/mol. The van der Waals surface area contributed by atoms with Crippen LogP contribution < -0.4 is 0 Å². The third-order valence-corrected chi connectivity index (χ3v) is 15.2. The average molecular weight is 789 g/mol. The Morgan fingerprint density at radius 1 is 0.873 bits per heavy atom. The predicted octanol–water partition coefficient (Wildman–Crippen LogP) is 0.618. The van der Waals surface area contributed by atoms with Gasteiger partial charge in [-0.3, -0.25) is 4.79 Å². The summed E-state index contributed by atoms with van der Waals surface area (Å²) in [6.07, 6.45) is -8.70. The zero-order chi connectivity index (χ0) is 40.4. The van der Waals surface area contributed by atoms with E-state index in [4.69, 9.17) is 28.4 Å². The molecule has 4 aliphatic carbocycles. The van der Waals surface area contributed by atoms with E-state index in [0.29, 0.717) is 32.1 Å². The van der Waals surface area contributed by atoms with Crippen molar-refractivity contribution in [2.45, 2.75) is 178 Å². The smallest absolute Gasteiger partial charge is 0.302 e. The quantitative estimate of drug-likeness (QED) is 0.127. The van der Waals surface area contributed by atoms with Gasteiger partial charge in [-0.2, -0.15) is 0 Å². The second-order valence-electron chi connectivity index (χ2n) is 18.7. The predicted molar refractivity (Wildman–Crippen MR) is 194 cm³/mol. The number of rotatable bonds is 12. The van der Waals surface area contributed by atoms with E-state index in [1.54, 1.807) is 0 Å². The van der Waals surface area contributed by atoms with Gasteiger partial charge in [-0.25, -0.2) is 0 Å². The van der Waals surface area contributed by atoms with Gasteiger partial charge in [0.05, 0.1) is 43.2 Å². The van der Waals surface area contributed by atoms with Crippen molar-refractivity contribution in [1.29, 1.82) is 0 Å². The zero-order valence-corrected chi connectivity index (χ0v) is 33.5. The molecule has 21 atom stereocenters. The summed E-state index contributed by atoms with van der Waals surface area (Å²) >= 11 is 0. The Labute approximate surface area is 324 Å². The third-order valence-electron chi connectivity index (χ3n) is 15.2. The lowest BCUT2D eigenvalue weighted by Gasteiger charge is -2.66. The Hall–Kier alpha value is -1.05.